The molecule has 49 heavy (non-hydrogen) atoms. The predicted octanol–water partition coefficient (Wildman–Crippen LogP) is 6.20. The van der Waals surface area contributed by atoms with Gasteiger partial charge in [0.05, 0.1) is 30.2 Å². The van der Waals surface area contributed by atoms with E-state index in [-0.39, 0.29) is 30.0 Å². The van der Waals surface area contributed by atoms with E-state index in [2.05, 4.69) is 20.2 Å². The molecule has 5 heterocycles. The third-order valence-corrected chi connectivity index (χ3v) is 10.4. The van der Waals surface area contributed by atoms with E-state index >= 15 is 0 Å². The van der Waals surface area contributed by atoms with E-state index in [0.717, 1.165) is 38.0 Å². The Labute approximate surface area is 285 Å². The Morgan fingerprint density at radius 1 is 1.18 bits per heavy atom. The van der Waals surface area contributed by atoms with Crippen LogP contribution in [0.4, 0.5) is 18.3 Å². The van der Waals surface area contributed by atoms with Crippen molar-refractivity contribution in [2.75, 3.05) is 31.6 Å². The maximum atomic E-state index is 14.6. The lowest BCUT2D eigenvalue weighted by atomic mass is 9.92. The molecular weight excluding hydrogens is 655 g/mol. The Morgan fingerprint density at radius 3 is 2.65 bits per heavy atom. The maximum absolute atomic E-state index is 14.6. The number of fused-ring (bicyclic) bond motifs is 2. The van der Waals surface area contributed by atoms with Crippen LogP contribution < -0.4 is 10.1 Å². The Hall–Kier alpha value is -4.27. The summed E-state index contributed by atoms with van der Waals surface area (Å²) in [5.74, 6) is 0.518. The normalized spacial score (nSPS) is 18.2. The minimum absolute atomic E-state index is 0.0883. The molecule has 1 fully saturated rings. The van der Waals surface area contributed by atoms with Gasteiger partial charge in [0, 0.05) is 47.4 Å². The van der Waals surface area contributed by atoms with Gasteiger partial charge in [-0.2, -0.15) is 5.10 Å². The van der Waals surface area contributed by atoms with Gasteiger partial charge in [0.15, 0.2) is 11.2 Å². The van der Waals surface area contributed by atoms with E-state index in [4.69, 9.17) is 9.84 Å². The standard InChI is InChI=1S/C35H38F3N7O3S/c1-20-26(23-3-5-25(6-4-23)48-13-12-43-10-7-22(8-11-43)21(2)46)16-27(33(37)38)28-18-45(42-30(20)28)32(34(47)41-35-39-9-14-49-35)31-29-15-24(36)17-44(29)19-40-31/h3-6,9,14,16,18-19,21-22,24,32-33,46H,7-8,10-13,15,17H2,1-2H3,(H,39,41,47)/t21?,24-,32?/m1/s1. The summed E-state index contributed by atoms with van der Waals surface area (Å²) in [5, 5.41) is 19.7. The van der Waals surface area contributed by atoms with Crippen LogP contribution in [0.25, 0.3) is 22.0 Å². The summed E-state index contributed by atoms with van der Waals surface area (Å²) in [7, 11) is 0. The fraction of sp³-hybridized carbons (Fsp3) is 0.429. The van der Waals surface area contributed by atoms with Gasteiger partial charge in [0.2, 0.25) is 0 Å². The number of alkyl halides is 3. The molecular formula is C35H38F3N7O3S. The molecule has 14 heteroatoms. The quantitative estimate of drug-likeness (QED) is 0.170. The summed E-state index contributed by atoms with van der Waals surface area (Å²) in [6, 6.07) is 7.68. The summed E-state index contributed by atoms with van der Waals surface area (Å²) in [6.45, 7) is 6.97. The molecule has 0 radical (unpaired) electrons. The molecule has 10 nitrogen and oxygen atoms in total. The number of benzene rings is 2. The average Bonchev–Trinajstić information content (AvgIpc) is 3.89. The maximum Gasteiger partial charge on any atom is 0.264 e. The number of halogens is 3. The molecule has 2 aromatic carbocycles. The SMILES string of the molecule is Cc1c(-c2ccc(OCCN3CCC(C(C)O)CC3)cc2)cc(C(F)F)c2cn(C(C(=O)Nc3nccs3)c3ncn4c3C[C@@H](F)C4)nc12. The third-order valence-electron chi connectivity index (χ3n) is 9.72. The highest BCUT2D eigenvalue weighted by atomic mass is 32.1. The highest BCUT2D eigenvalue weighted by molar-refractivity contribution is 7.13. The Bertz CT molecular complexity index is 1920. The number of aliphatic hydroxyl groups excluding tert-OH is 1. The number of aromatic nitrogens is 5. The Balaban J connectivity index is 1.16. The number of aliphatic hydroxyl groups is 1. The molecule has 2 N–H and O–H groups in total. The molecule has 0 saturated carbocycles. The van der Waals surface area contributed by atoms with Crippen molar-refractivity contribution in [3.8, 4) is 16.9 Å². The number of ether oxygens (including phenoxy) is 1. The molecule has 3 atom stereocenters. The van der Waals surface area contributed by atoms with Gasteiger partial charge in [-0.1, -0.05) is 12.1 Å². The first-order valence-electron chi connectivity index (χ1n) is 16.5. The number of amides is 1. The van der Waals surface area contributed by atoms with E-state index in [1.807, 2.05) is 38.1 Å². The molecule has 0 bridgehead atoms. The van der Waals surface area contributed by atoms with Crippen LogP contribution in [0.2, 0.25) is 0 Å². The van der Waals surface area contributed by atoms with Gasteiger partial charge in [-0.05, 0) is 80.6 Å². The van der Waals surface area contributed by atoms with Crippen LogP contribution in [-0.2, 0) is 17.8 Å². The highest BCUT2D eigenvalue weighted by Crippen LogP contribution is 2.38. The zero-order chi connectivity index (χ0) is 34.2. The Kier molecular flexibility index (Phi) is 9.44. The van der Waals surface area contributed by atoms with E-state index in [0.29, 0.717) is 51.4 Å². The molecule has 0 spiro atoms. The lowest BCUT2D eigenvalue weighted by Crippen LogP contribution is -2.39. The number of nitrogens with zero attached hydrogens (tertiary/aromatic N) is 6. The number of aryl methyl sites for hydroxylation is 1. The lowest BCUT2D eigenvalue weighted by molar-refractivity contribution is -0.118. The smallest absolute Gasteiger partial charge is 0.264 e. The van der Waals surface area contributed by atoms with Crippen molar-refractivity contribution >= 4 is 33.3 Å². The predicted molar refractivity (Wildman–Crippen MR) is 181 cm³/mol. The van der Waals surface area contributed by atoms with Crippen molar-refractivity contribution in [2.45, 2.75) is 64.4 Å². The molecule has 1 amide bonds. The number of rotatable bonds is 11. The first-order chi connectivity index (χ1) is 23.7. The van der Waals surface area contributed by atoms with Crippen LogP contribution in [-0.4, -0.2) is 78.7 Å². The van der Waals surface area contributed by atoms with Crippen LogP contribution in [0.1, 0.15) is 54.7 Å². The molecule has 0 aliphatic carbocycles. The van der Waals surface area contributed by atoms with Gasteiger partial charge in [0.25, 0.3) is 12.3 Å². The largest absolute Gasteiger partial charge is 0.492 e. The second-order valence-corrected chi connectivity index (χ2v) is 13.8. The van der Waals surface area contributed by atoms with Crippen molar-refractivity contribution in [1.82, 2.24) is 29.2 Å². The molecule has 2 unspecified atom stereocenters. The summed E-state index contributed by atoms with van der Waals surface area (Å²) < 4.78 is 52.7. The van der Waals surface area contributed by atoms with Crippen LogP contribution in [0.15, 0.2) is 54.4 Å². The average molecular weight is 694 g/mol. The topological polar surface area (TPSA) is 110 Å². The molecule has 2 aliphatic rings. The van der Waals surface area contributed by atoms with Crippen molar-refractivity contribution in [2.24, 2.45) is 5.92 Å². The fourth-order valence-electron chi connectivity index (χ4n) is 6.99. The number of hydrogen-bond donors (Lipinski definition) is 2. The highest BCUT2D eigenvalue weighted by Gasteiger charge is 2.35. The van der Waals surface area contributed by atoms with Gasteiger partial charge < -0.3 is 14.4 Å². The van der Waals surface area contributed by atoms with E-state index in [1.54, 1.807) is 16.1 Å². The Morgan fingerprint density at radius 2 is 1.96 bits per heavy atom. The van der Waals surface area contributed by atoms with Gasteiger partial charge in [-0.25, -0.2) is 23.1 Å². The minimum Gasteiger partial charge on any atom is -0.492 e. The summed E-state index contributed by atoms with van der Waals surface area (Å²) in [6.07, 6.45) is 2.35. The molecule has 258 valence electrons. The number of anilines is 1. The summed E-state index contributed by atoms with van der Waals surface area (Å²) in [4.78, 5) is 24.7. The van der Waals surface area contributed by atoms with Gasteiger partial charge in [0.1, 0.15) is 18.5 Å². The first kappa shape index (κ1) is 33.2. The van der Waals surface area contributed by atoms with Crippen molar-refractivity contribution in [3.63, 3.8) is 0 Å². The monoisotopic (exact) mass is 693 g/mol. The number of carbonyl (C=O) groups excluding carboxylic acids is 1. The van der Waals surface area contributed by atoms with Gasteiger partial charge >= 0.3 is 0 Å². The van der Waals surface area contributed by atoms with Crippen molar-refractivity contribution in [1.29, 1.82) is 0 Å². The van der Waals surface area contributed by atoms with Gasteiger partial charge in [-0.3, -0.25) is 19.7 Å². The van der Waals surface area contributed by atoms with Crippen molar-refractivity contribution < 1.29 is 27.8 Å². The lowest BCUT2D eigenvalue weighted by Gasteiger charge is -2.33. The number of hydrogen-bond acceptors (Lipinski definition) is 8. The minimum atomic E-state index is -2.81. The number of imidazole rings is 1. The number of piperidine rings is 1. The van der Waals surface area contributed by atoms with Crippen molar-refractivity contribution in [3.05, 3.63) is 76.9 Å². The van der Waals surface area contributed by atoms with E-state index < -0.39 is 24.5 Å². The van der Waals surface area contributed by atoms with E-state index in [9.17, 15) is 23.1 Å². The fourth-order valence-corrected chi connectivity index (χ4v) is 7.52. The number of likely N-dealkylation sites (tertiary alicyclic amines) is 1. The molecule has 7 rings (SSSR count). The van der Waals surface area contributed by atoms with Crippen LogP contribution in [0.5, 0.6) is 5.75 Å². The van der Waals surface area contributed by atoms with E-state index in [1.165, 1.54) is 34.6 Å². The molecule has 1 saturated heterocycles. The zero-order valence-corrected chi connectivity index (χ0v) is 28.0. The second-order valence-electron chi connectivity index (χ2n) is 12.9. The van der Waals surface area contributed by atoms with Crippen LogP contribution in [0, 0.1) is 12.8 Å². The van der Waals surface area contributed by atoms with Crippen LogP contribution >= 0.6 is 11.3 Å². The number of nitrogens with one attached hydrogen (secondary N) is 1. The molecule has 5 aromatic rings. The zero-order valence-electron chi connectivity index (χ0n) is 27.2. The first-order valence-corrected chi connectivity index (χ1v) is 17.4. The molecule has 2 aliphatic heterocycles. The van der Waals surface area contributed by atoms with Gasteiger partial charge in [-0.15, -0.1) is 11.3 Å². The number of carbonyl (C=O) groups is 1. The second kappa shape index (κ2) is 13.9. The summed E-state index contributed by atoms with van der Waals surface area (Å²) >= 11 is 1.24. The van der Waals surface area contributed by atoms with Crippen LogP contribution in [0.3, 0.4) is 0 Å². The summed E-state index contributed by atoms with van der Waals surface area (Å²) in [5.41, 5.74) is 3.00. The number of thiazole rings is 1. The third kappa shape index (κ3) is 6.81. The molecule has 3 aromatic heterocycles.